The number of hydrogen-bond donors (Lipinski definition) is 2. The van der Waals surface area contributed by atoms with E-state index in [0.717, 1.165) is 17.7 Å². The van der Waals surface area contributed by atoms with Crippen molar-refractivity contribution in [2.24, 2.45) is 12.8 Å². The second kappa shape index (κ2) is 5.12. The quantitative estimate of drug-likeness (QED) is 0.779. The zero-order chi connectivity index (χ0) is 12.3. The average molecular weight is 225 g/mol. The Morgan fingerprint density at radius 1 is 1.69 bits per heavy atom. The molecule has 0 amide bonds. The zero-order valence-corrected chi connectivity index (χ0v) is 9.97. The van der Waals surface area contributed by atoms with Crippen LogP contribution >= 0.6 is 0 Å². The van der Waals surface area contributed by atoms with E-state index in [4.69, 9.17) is 10.8 Å². The third kappa shape index (κ3) is 2.82. The van der Waals surface area contributed by atoms with Gasteiger partial charge in [0.25, 0.3) is 0 Å². The van der Waals surface area contributed by atoms with Gasteiger partial charge >= 0.3 is 5.97 Å². The van der Waals surface area contributed by atoms with Gasteiger partial charge in [0.05, 0.1) is 12.1 Å². The van der Waals surface area contributed by atoms with E-state index in [9.17, 15) is 4.79 Å². The smallest absolute Gasteiger partial charge is 0.304 e. The van der Waals surface area contributed by atoms with E-state index < -0.39 is 5.97 Å². The predicted octanol–water partition coefficient (Wildman–Crippen LogP) is 0.888. The molecule has 2 atom stereocenters. The van der Waals surface area contributed by atoms with E-state index in [1.165, 1.54) is 0 Å². The minimum Gasteiger partial charge on any atom is -0.481 e. The van der Waals surface area contributed by atoms with Crippen LogP contribution in [-0.2, 0) is 18.3 Å². The Bertz CT molecular complexity index is 371. The fourth-order valence-corrected chi connectivity index (χ4v) is 1.90. The van der Waals surface area contributed by atoms with Crippen molar-refractivity contribution in [3.8, 4) is 0 Å². The Hall–Kier alpha value is -1.36. The van der Waals surface area contributed by atoms with Crippen molar-refractivity contribution in [1.29, 1.82) is 0 Å². The summed E-state index contributed by atoms with van der Waals surface area (Å²) in [4.78, 5) is 10.8. The summed E-state index contributed by atoms with van der Waals surface area (Å²) < 4.78 is 1.71. The van der Waals surface area contributed by atoms with E-state index in [0.29, 0.717) is 0 Å². The molecule has 1 rings (SSSR count). The van der Waals surface area contributed by atoms with Gasteiger partial charge in [0.2, 0.25) is 0 Å². The summed E-state index contributed by atoms with van der Waals surface area (Å²) in [6.07, 6.45) is 2.71. The first-order chi connectivity index (χ1) is 7.45. The van der Waals surface area contributed by atoms with Gasteiger partial charge in [-0.25, -0.2) is 0 Å². The zero-order valence-electron chi connectivity index (χ0n) is 9.97. The first-order valence-electron chi connectivity index (χ1n) is 5.45. The maximum atomic E-state index is 10.8. The lowest BCUT2D eigenvalue weighted by atomic mass is 9.89. The minimum atomic E-state index is -0.826. The van der Waals surface area contributed by atoms with Gasteiger partial charge in [0.15, 0.2) is 0 Å². The number of carbonyl (C=O) groups is 1. The summed E-state index contributed by atoms with van der Waals surface area (Å²) >= 11 is 0. The van der Waals surface area contributed by atoms with E-state index >= 15 is 0 Å². The molecule has 0 saturated heterocycles. The molecule has 0 radical (unpaired) electrons. The second-order valence-corrected chi connectivity index (χ2v) is 4.12. The predicted molar refractivity (Wildman–Crippen MR) is 61.2 cm³/mol. The number of nitrogens with zero attached hydrogens (tertiary/aromatic N) is 2. The molecule has 1 heterocycles. The van der Waals surface area contributed by atoms with Gasteiger partial charge in [-0.3, -0.25) is 9.48 Å². The number of aryl methyl sites for hydroxylation is 2. The first kappa shape index (κ1) is 12.7. The van der Waals surface area contributed by atoms with Gasteiger partial charge in [-0.1, -0.05) is 6.92 Å². The van der Waals surface area contributed by atoms with Crippen LogP contribution in [0.15, 0.2) is 6.20 Å². The molecule has 0 aromatic carbocycles. The average Bonchev–Trinajstić information content (AvgIpc) is 2.55. The number of hydrogen-bond acceptors (Lipinski definition) is 3. The third-order valence-corrected chi connectivity index (χ3v) is 2.70. The summed E-state index contributed by atoms with van der Waals surface area (Å²) in [5.41, 5.74) is 7.75. The molecular weight excluding hydrogens is 206 g/mol. The molecule has 0 bridgehead atoms. The van der Waals surface area contributed by atoms with Crippen LogP contribution in [0.25, 0.3) is 0 Å². The molecule has 5 heteroatoms. The van der Waals surface area contributed by atoms with E-state index in [1.807, 2.05) is 27.1 Å². The van der Waals surface area contributed by atoms with Crippen LogP contribution in [0.1, 0.15) is 37.4 Å². The SMILES string of the molecule is CCc1nn(C)cc1C(CC(=O)O)C(C)N. The molecule has 3 N–H and O–H groups in total. The van der Waals surface area contributed by atoms with Crippen LogP contribution < -0.4 is 5.73 Å². The highest BCUT2D eigenvalue weighted by Crippen LogP contribution is 2.25. The van der Waals surface area contributed by atoms with Gasteiger partial charge in [-0.2, -0.15) is 5.10 Å². The first-order valence-corrected chi connectivity index (χ1v) is 5.45. The lowest BCUT2D eigenvalue weighted by molar-refractivity contribution is -0.137. The van der Waals surface area contributed by atoms with Crippen molar-refractivity contribution in [1.82, 2.24) is 9.78 Å². The van der Waals surface area contributed by atoms with Crippen molar-refractivity contribution in [2.45, 2.75) is 38.6 Å². The second-order valence-electron chi connectivity index (χ2n) is 4.12. The molecule has 0 aliphatic carbocycles. The highest BCUT2D eigenvalue weighted by atomic mass is 16.4. The molecule has 2 unspecified atom stereocenters. The van der Waals surface area contributed by atoms with Gasteiger partial charge < -0.3 is 10.8 Å². The molecule has 1 aromatic heterocycles. The third-order valence-electron chi connectivity index (χ3n) is 2.70. The Labute approximate surface area is 95.3 Å². The minimum absolute atomic E-state index is 0.0519. The topological polar surface area (TPSA) is 81.1 Å². The molecule has 0 aliphatic heterocycles. The normalized spacial score (nSPS) is 14.8. The Morgan fingerprint density at radius 2 is 2.31 bits per heavy atom. The monoisotopic (exact) mass is 225 g/mol. The maximum absolute atomic E-state index is 10.8. The lowest BCUT2D eigenvalue weighted by Gasteiger charge is -2.18. The fourth-order valence-electron chi connectivity index (χ4n) is 1.90. The number of carboxylic acids is 1. The van der Waals surface area contributed by atoms with Crippen molar-refractivity contribution >= 4 is 5.97 Å². The molecular formula is C11H19N3O2. The lowest BCUT2D eigenvalue weighted by Crippen LogP contribution is -2.27. The van der Waals surface area contributed by atoms with Crippen molar-refractivity contribution in [3.63, 3.8) is 0 Å². The Morgan fingerprint density at radius 3 is 2.75 bits per heavy atom. The maximum Gasteiger partial charge on any atom is 0.304 e. The summed E-state index contributed by atoms with van der Waals surface area (Å²) in [5, 5.41) is 13.2. The number of aliphatic carboxylic acids is 1. The van der Waals surface area contributed by atoms with Crippen LogP contribution in [0.5, 0.6) is 0 Å². The van der Waals surface area contributed by atoms with E-state index in [2.05, 4.69) is 5.10 Å². The molecule has 1 aromatic rings. The van der Waals surface area contributed by atoms with Gasteiger partial charge in [0.1, 0.15) is 0 Å². The molecule has 16 heavy (non-hydrogen) atoms. The molecule has 0 spiro atoms. The van der Waals surface area contributed by atoms with Gasteiger partial charge in [-0.05, 0) is 18.9 Å². The van der Waals surface area contributed by atoms with Crippen molar-refractivity contribution < 1.29 is 9.90 Å². The van der Waals surface area contributed by atoms with E-state index in [-0.39, 0.29) is 18.4 Å². The van der Waals surface area contributed by atoms with Crippen LogP contribution in [0.4, 0.5) is 0 Å². The number of nitrogens with two attached hydrogens (primary N) is 1. The van der Waals surface area contributed by atoms with Crippen molar-refractivity contribution in [3.05, 3.63) is 17.5 Å². The summed E-state index contributed by atoms with van der Waals surface area (Å²) in [5.74, 6) is -0.991. The van der Waals surface area contributed by atoms with E-state index in [1.54, 1.807) is 4.68 Å². The van der Waals surface area contributed by atoms with Crippen LogP contribution in [-0.4, -0.2) is 26.9 Å². The summed E-state index contributed by atoms with van der Waals surface area (Å²) in [7, 11) is 1.83. The number of aromatic nitrogens is 2. The molecule has 0 aliphatic rings. The number of rotatable bonds is 5. The van der Waals surface area contributed by atoms with Crippen LogP contribution in [0, 0.1) is 0 Å². The van der Waals surface area contributed by atoms with Crippen molar-refractivity contribution in [2.75, 3.05) is 0 Å². The van der Waals surface area contributed by atoms with Gasteiger partial charge in [-0.15, -0.1) is 0 Å². The van der Waals surface area contributed by atoms with Gasteiger partial charge in [0, 0.05) is 25.2 Å². The highest BCUT2D eigenvalue weighted by molar-refractivity contribution is 5.68. The Kier molecular flexibility index (Phi) is 4.06. The molecule has 0 saturated carbocycles. The number of carboxylic acid groups (broad SMARTS) is 1. The highest BCUT2D eigenvalue weighted by Gasteiger charge is 2.23. The molecule has 5 nitrogen and oxygen atoms in total. The molecule has 0 fully saturated rings. The van der Waals surface area contributed by atoms with Crippen LogP contribution in [0.2, 0.25) is 0 Å². The summed E-state index contributed by atoms with van der Waals surface area (Å²) in [6, 6.07) is -0.189. The largest absolute Gasteiger partial charge is 0.481 e. The standard InChI is InChI=1S/C11H19N3O2/c1-4-10-9(6-14(3)13-10)8(7(2)12)5-11(15)16/h6-8H,4-5,12H2,1-3H3,(H,15,16). The fraction of sp³-hybridized carbons (Fsp3) is 0.636. The summed E-state index contributed by atoms with van der Waals surface area (Å²) in [6.45, 7) is 3.84. The van der Waals surface area contributed by atoms with Crippen LogP contribution in [0.3, 0.4) is 0 Å². The Balaban J connectivity index is 3.04. The molecule has 90 valence electrons.